The third-order valence-electron chi connectivity index (χ3n) is 1.98. The van der Waals surface area contributed by atoms with Crippen molar-refractivity contribution in [1.29, 1.82) is 0 Å². The summed E-state index contributed by atoms with van der Waals surface area (Å²) in [4.78, 5) is 18.0. The fourth-order valence-corrected chi connectivity index (χ4v) is 1.20. The van der Waals surface area contributed by atoms with Crippen molar-refractivity contribution in [1.82, 2.24) is 15.3 Å². The maximum absolute atomic E-state index is 11.7. The third kappa shape index (κ3) is 6.89. The van der Waals surface area contributed by atoms with Crippen LogP contribution in [-0.2, 0) is 16.0 Å². The van der Waals surface area contributed by atoms with Crippen LogP contribution in [0.5, 0.6) is 0 Å². The van der Waals surface area contributed by atoms with Crippen LogP contribution < -0.4 is 5.32 Å². The molecular weight excluding hydrogens is 251 g/mol. The molecule has 0 bridgehead atoms. The van der Waals surface area contributed by atoms with Gasteiger partial charge in [-0.25, -0.2) is 4.98 Å². The molecule has 1 rings (SSSR count). The summed E-state index contributed by atoms with van der Waals surface area (Å²) in [5, 5.41) is 2.56. The normalized spacial score (nSPS) is 11.5. The van der Waals surface area contributed by atoms with Crippen molar-refractivity contribution in [2.24, 2.45) is 0 Å². The lowest BCUT2D eigenvalue weighted by molar-refractivity contribution is -0.174. The number of hydrogen-bond acceptors (Lipinski definition) is 3. The SMILES string of the molecule is O=C(CCOCC(F)(F)F)NCCc1ncc[nH]1. The number of imidazole rings is 1. The minimum absolute atomic E-state index is 0.0891. The number of aromatic amines is 1. The highest BCUT2D eigenvalue weighted by molar-refractivity contribution is 5.75. The van der Waals surface area contributed by atoms with Gasteiger partial charge in [0.1, 0.15) is 12.4 Å². The Kier molecular flexibility index (Phi) is 5.63. The Morgan fingerprint density at radius 3 is 2.89 bits per heavy atom. The zero-order chi connectivity index (χ0) is 13.4. The van der Waals surface area contributed by atoms with Crippen LogP contribution in [0.3, 0.4) is 0 Å². The number of amides is 1. The van der Waals surface area contributed by atoms with Gasteiger partial charge < -0.3 is 15.0 Å². The molecule has 1 amide bonds. The van der Waals surface area contributed by atoms with E-state index in [4.69, 9.17) is 0 Å². The number of H-pyrrole nitrogens is 1. The Balaban J connectivity index is 2.00. The Labute approximate surface area is 102 Å². The molecule has 1 aromatic heterocycles. The fraction of sp³-hybridized carbons (Fsp3) is 0.600. The van der Waals surface area contributed by atoms with Gasteiger partial charge in [0.25, 0.3) is 0 Å². The number of carbonyl (C=O) groups excluding carboxylic acids is 1. The Morgan fingerprint density at radius 1 is 1.50 bits per heavy atom. The molecule has 0 saturated heterocycles. The zero-order valence-corrected chi connectivity index (χ0v) is 9.59. The van der Waals surface area contributed by atoms with Crippen molar-refractivity contribution < 1.29 is 22.7 Å². The molecule has 8 heteroatoms. The van der Waals surface area contributed by atoms with Crippen LogP contribution in [0.25, 0.3) is 0 Å². The van der Waals surface area contributed by atoms with E-state index in [0.717, 1.165) is 5.82 Å². The molecule has 0 fully saturated rings. The molecule has 0 aliphatic heterocycles. The molecule has 0 aromatic carbocycles. The Hall–Kier alpha value is -1.57. The zero-order valence-electron chi connectivity index (χ0n) is 9.59. The quantitative estimate of drug-likeness (QED) is 0.724. The summed E-state index contributed by atoms with van der Waals surface area (Å²) in [6.45, 7) is -1.19. The Bertz CT molecular complexity index is 352. The average molecular weight is 265 g/mol. The van der Waals surface area contributed by atoms with E-state index in [1.807, 2.05) is 0 Å². The Morgan fingerprint density at radius 2 is 2.28 bits per heavy atom. The van der Waals surface area contributed by atoms with Crippen LogP contribution in [0.4, 0.5) is 13.2 Å². The molecule has 1 aromatic rings. The number of nitrogens with one attached hydrogen (secondary N) is 2. The first-order chi connectivity index (χ1) is 8.47. The molecule has 2 N–H and O–H groups in total. The van der Waals surface area contributed by atoms with Gasteiger partial charge in [-0.3, -0.25) is 4.79 Å². The van der Waals surface area contributed by atoms with Gasteiger partial charge in [0.05, 0.1) is 6.61 Å². The van der Waals surface area contributed by atoms with Gasteiger partial charge in [-0.05, 0) is 0 Å². The van der Waals surface area contributed by atoms with Crippen LogP contribution in [0.15, 0.2) is 12.4 Å². The monoisotopic (exact) mass is 265 g/mol. The van der Waals surface area contributed by atoms with Crippen molar-refractivity contribution in [3.63, 3.8) is 0 Å². The predicted octanol–water partition coefficient (Wildman–Crippen LogP) is 1.04. The molecule has 1 heterocycles. The van der Waals surface area contributed by atoms with Crippen molar-refractivity contribution in [3.8, 4) is 0 Å². The highest BCUT2D eigenvalue weighted by Gasteiger charge is 2.27. The third-order valence-corrected chi connectivity index (χ3v) is 1.98. The first-order valence-electron chi connectivity index (χ1n) is 5.37. The van der Waals surface area contributed by atoms with Gasteiger partial charge in [0, 0.05) is 31.8 Å². The summed E-state index contributed by atoms with van der Waals surface area (Å²) in [6, 6.07) is 0. The standard InChI is InChI=1S/C10H14F3N3O2/c11-10(12,13)7-18-6-2-9(17)16-3-1-8-14-4-5-15-8/h4-5H,1-3,6-7H2,(H,14,15)(H,16,17). The van der Waals surface area contributed by atoms with Crippen LogP contribution in [0.1, 0.15) is 12.2 Å². The number of carbonyl (C=O) groups is 1. The second kappa shape index (κ2) is 7.00. The van der Waals surface area contributed by atoms with E-state index in [0.29, 0.717) is 13.0 Å². The van der Waals surface area contributed by atoms with Gasteiger partial charge in [0.15, 0.2) is 0 Å². The molecule has 102 valence electrons. The summed E-state index contributed by atoms with van der Waals surface area (Å²) < 4.78 is 39.4. The van der Waals surface area contributed by atoms with E-state index in [1.54, 1.807) is 12.4 Å². The molecule has 0 spiro atoms. The van der Waals surface area contributed by atoms with E-state index < -0.39 is 12.8 Å². The van der Waals surface area contributed by atoms with E-state index >= 15 is 0 Å². The highest BCUT2D eigenvalue weighted by atomic mass is 19.4. The topological polar surface area (TPSA) is 67.0 Å². The van der Waals surface area contributed by atoms with Crippen molar-refractivity contribution in [3.05, 3.63) is 18.2 Å². The smallest absolute Gasteiger partial charge is 0.372 e. The number of rotatable bonds is 7. The molecule has 0 unspecified atom stereocenters. The van der Waals surface area contributed by atoms with Crippen molar-refractivity contribution >= 4 is 5.91 Å². The van der Waals surface area contributed by atoms with Gasteiger partial charge in [-0.1, -0.05) is 0 Å². The number of alkyl halides is 3. The minimum atomic E-state index is -4.35. The molecule has 0 radical (unpaired) electrons. The van der Waals surface area contributed by atoms with Gasteiger partial charge in [0.2, 0.25) is 5.91 Å². The van der Waals surface area contributed by atoms with E-state index in [2.05, 4.69) is 20.0 Å². The minimum Gasteiger partial charge on any atom is -0.372 e. The number of halogens is 3. The second-order valence-corrected chi connectivity index (χ2v) is 3.55. The van der Waals surface area contributed by atoms with E-state index in [-0.39, 0.29) is 18.9 Å². The maximum atomic E-state index is 11.7. The van der Waals surface area contributed by atoms with Crippen LogP contribution >= 0.6 is 0 Å². The molecule has 0 saturated carbocycles. The maximum Gasteiger partial charge on any atom is 0.411 e. The van der Waals surface area contributed by atoms with Gasteiger partial charge >= 0.3 is 6.18 Å². The largest absolute Gasteiger partial charge is 0.411 e. The molecule has 5 nitrogen and oxygen atoms in total. The summed E-state index contributed by atoms with van der Waals surface area (Å²) in [5.41, 5.74) is 0. The fourth-order valence-electron chi connectivity index (χ4n) is 1.20. The first kappa shape index (κ1) is 14.5. The van der Waals surface area contributed by atoms with Gasteiger partial charge in [-0.2, -0.15) is 13.2 Å². The number of hydrogen-bond donors (Lipinski definition) is 2. The van der Waals surface area contributed by atoms with E-state index in [1.165, 1.54) is 0 Å². The molecule has 0 aliphatic carbocycles. The number of ether oxygens (including phenoxy) is 1. The van der Waals surface area contributed by atoms with Crippen LogP contribution in [-0.4, -0.2) is 41.8 Å². The first-order valence-corrected chi connectivity index (χ1v) is 5.37. The molecular formula is C10H14F3N3O2. The molecule has 18 heavy (non-hydrogen) atoms. The lowest BCUT2D eigenvalue weighted by Crippen LogP contribution is -2.27. The molecule has 0 atom stereocenters. The van der Waals surface area contributed by atoms with Crippen LogP contribution in [0, 0.1) is 0 Å². The average Bonchev–Trinajstić information content (AvgIpc) is 2.76. The second-order valence-electron chi connectivity index (χ2n) is 3.55. The van der Waals surface area contributed by atoms with Crippen molar-refractivity contribution in [2.75, 3.05) is 19.8 Å². The number of aromatic nitrogens is 2. The lowest BCUT2D eigenvalue weighted by Gasteiger charge is -2.07. The van der Waals surface area contributed by atoms with Gasteiger partial charge in [-0.15, -0.1) is 0 Å². The summed E-state index contributed by atoms with van der Waals surface area (Å²) >= 11 is 0. The highest BCUT2D eigenvalue weighted by Crippen LogP contribution is 2.14. The van der Waals surface area contributed by atoms with Crippen molar-refractivity contribution in [2.45, 2.75) is 19.0 Å². The lowest BCUT2D eigenvalue weighted by atomic mass is 10.3. The summed E-state index contributed by atoms with van der Waals surface area (Å²) in [5.74, 6) is 0.396. The van der Waals surface area contributed by atoms with E-state index in [9.17, 15) is 18.0 Å². The predicted molar refractivity (Wildman–Crippen MR) is 56.8 cm³/mol. The summed E-state index contributed by atoms with van der Waals surface area (Å²) in [7, 11) is 0. The number of nitrogens with zero attached hydrogens (tertiary/aromatic N) is 1. The molecule has 0 aliphatic rings. The summed E-state index contributed by atoms with van der Waals surface area (Å²) in [6.07, 6.45) is -0.629. The van der Waals surface area contributed by atoms with Crippen LogP contribution in [0.2, 0.25) is 0 Å².